The van der Waals surface area contributed by atoms with Crippen LogP contribution in [-0.4, -0.2) is 34.9 Å². The molecule has 1 aliphatic carbocycles. The van der Waals surface area contributed by atoms with E-state index < -0.39 is 5.41 Å². The van der Waals surface area contributed by atoms with Crippen molar-refractivity contribution in [3.8, 4) is 0 Å². The van der Waals surface area contributed by atoms with Crippen LogP contribution in [0.3, 0.4) is 0 Å². The van der Waals surface area contributed by atoms with Crippen molar-refractivity contribution in [3.05, 3.63) is 0 Å². The summed E-state index contributed by atoms with van der Waals surface area (Å²) in [5, 5.41) is 11.9. The molecule has 5 heteroatoms. The third-order valence-corrected chi connectivity index (χ3v) is 4.87. The summed E-state index contributed by atoms with van der Waals surface area (Å²) in [7, 11) is 0. The van der Waals surface area contributed by atoms with E-state index in [1.165, 1.54) is 19.3 Å². The molecule has 102 valence electrons. The van der Waals surface area contributed by atoms with Gasteiger partial charge in [0.15, 0.2) is 5.84 Å². The van der Waals surface area contributed by atoms with E-state index in [0.717, 1.165) is 13.1 Å². The number of carbonyl (C=O) groups is 1. The molecule has 3 unspecified atom stereocenters. The van der Waals surface area contributed by atoms with Gasteiger partial charge in [-0.2, -0.15) is 0 Å². The number of oxime groups is 1. The maximum Gasteiger partial charge on any atom is 0.236 e. The van der Waals surface area contributed by atoms with Gasteiger partial charge in [-0.1, -0.05) is 18.5 Å². The molecule has 3 atom stereocenters. The molecule has 0 radical (unpaired) electrons. The summed E-state index contributed by atoms with van der Waals surface area (Å²) in [4.78, 5) is 14.5. The molecule has 0 aromatic rings. The third-order valence-electron chi connectivity index (χ3n) is 4.87. The minimum atomic E-state index is -0.868. The maximum absolute atomic E-state index is 12.6. The van der Waals surface area contributed by atoms with E-state index in [2.05, 4.69) is 5.16 Å². The number of carbonyl (C=O) groups excluding carboxylic acids is 1. The highest BCUT2D eigenvalue weighted by Gasteiger charge is 2.45. The normalized spacial score (nSPS) is 31.2. The Morgan fingerprint density at radius 2 is 2.00 bits per heavy atom. The molecule has 1 amide bonds. The predicted octanol–water partition coefficient (Wildman–Crippen LogP) is 1.41. The van der Waals surface area contributed by atoms with Crippen molar-refractivity contribution in [2.45, 2.75) is 39.5 Å². The first-order chi connectivity index (χ1) is 8.52. The third kappa shape index (κ3) is 1.95. The average molecular weight is 253 g/mol. The number of likely N-dealkylation sites (tertiary alicyclic amines) is 1. The summed E-state index contributed by atoms with van der Waals surface area (Å²) in [5.74, 6) is 1.37. The van der Waals surface area contributed by atoms with Crippen molar-refractivity contribution in [3.63, 3.8) is 0 Å². The first-order valence-corrected chi connectivity index (χ1v) is 6.80. The number of nitrogens with two attached hydrogens (primary N) is 1. The number of hydrogen-bond acceptors (Lipinski definition) is 3. The van der Waals surface area contributed by atoms with Crippen LogP contribution in [0.4, 0.5) is 0 Å². The molecule has 0 spiro atoms. The van der Waals surface area contributed by atoms with E-state index in [1.54, 1.807) is 6.92 Å². The summed E-state index contributed by atoms with van der Waals surface area (Å²) in [5.41, 5.74) is 4.83. The van der Waals surface area contributed by atoms with Crippen molar-refractivity contribution in [1.29, 1.82) is 0 Å². The highest BCUT2D eigenvalue weighted by atomic mass is 16.4. The molecule has 1 aliphatic heterocycles. The zero-order chi connectivity index (χ0) is 13.3. The first-order valence-electron chi connectivity index (χ1n) is 6.80. The van der Waals surface area contributed by atoms with Gasteiger partial charge in [-0.3, -0.25) is 4.79 Å². The van der Waals surface area contributed by atoms with E-state index >= 15 is 0 Å². The van der Waals surface area contributed by atoms with Crippen LogP contribution in [0.5, 0.6) is 0 Å². The molecular formula is C13H23N3O2. The van der Waals surface area contributed by atoms with Gasteiger partial charge in [0.1, 0.15) is 5.41 Å². The van der Waals surface area contributed by atoms with E-state index in [-0.39, 0.29) is 11.7 Å². The van der Waals surface area contributed by atoms with Gasteiger partial charge in [-0.15, -0.1) is 0 Å². The molecule has 3 N–H and O–H groups in total. The van der Waals surface area contributed by atoms with E-state index in [9.17, 15) is 4.79 Å². The Labute approximate surface area is 108 Å². The standard InChI is InChI=1S/C13H23N3O2/c1-3-13(2,11(14)15-18)12(17)16-7-9-5-4-6-10(9)8-16/h9-10,18H,3-8H2,1-2H3,(H2,14,15). The molecule has 1 heterocycles. The van der Waals surface area contributed by atoms with Gasteiger partial charge in [-0.25, -0.2) is 0 Å². The Bertz CT molecular complexity index is 357. The van der Waals surface area contributed by atoms with Gasteiger partial charge in [0.2, 0.25) is 5.91 Å². The molecular weight excluding hydrogens is 230 g/mol. The largest absolute Gasteiger partial charge is 0.409 e. The maximum atomic E-state index is 12.6. The minimum absolute atomic E-state index is 0.00898. The number of nitrogens with zero attached hydrogens (tertiary/aromatic N) is 2. The van der Waals surface area contributed by atoms with Crippen molar-refractivity contribution in [1.82, 2.24) is 4.90 Å². The molecule has 1 saturated carbocycles. The second-order valence-electron chi connectivity index (χ2n) is 5.83. The molecule has 0 bridgehead atoms. The van der Waals surface area contributed by atoms with Gasteiger partial charge in [-0.05, 0) is 38.0 Å². The van der Waals surface area contributed by atoms with Crippen molar-refractivity contribution < 1.29 is 10.0 Å². The molecule has 18 heavy (non-hydrogen) atoms. The number of fused-ring (bicyclic) bond motifs is 1. The topological polar surface area (TPSA) is 78.9 Å². The van der Waals surface area contributed by atoms with Gasteiger partial charge in [0, 0.05) is 13.1 Å². The van der Waals surface area contributed by atoms with Crippen LogP contribution in [0.1, 0.15) is 39.5 Å². The van der Waals surface area contributed by atoms with Crippen molar-refractivity contribution >= 4 is 11.7 Å². The Balaban J connectivity index is 2.11. The number of amides is 1. The lowest BCUT2D eigenvalue weighted by molar-refractivity contribution is -0.137. The van der Waals surface area contributed by atoms with Crippen LogP contribution in [-0.2, 0) is 4.79 Å². The van der Waals surface area contributed by atoms with Gasteiger partial charge in [0.05, 0.1) is 0 Å². The zero-order valence-electron chi connectivity index (χ0n) is 11.2. The zero-order valence-corrected chi connectivity index (χ0v) is 11.2. The molecule has 2 fully saturated rings. The van der Waals surface area contributed by atoms with Crippen molar-refractivity contribution in [2.75, 3.05) is 13.1 Å². The smallest absolute Gasteiger partial charge is 0.236 e. The molecule has 2 aliphatic rings. The summed E-state index contributed by atoms with van der Waals surface area (Å²) >= 11 is 0. The molecule has 0 aromatic heterocycles. The fraction of sp³-hybridized carbons (Fsp3) is 0.846. The van der Waals surface area contributed by atoms with Gasteiger partial charge in [0.25, 0.3) is 0 Å². The number of amidine groups is 1. The van der Waals surface area contributed by atoms with Gasteiger partial charge >= 0.3 is 0 Å². The first kappa shape index (κ1) is 13.2. The van der Waals surface area contributed by atoms with E-state index in [1.807, 2.05) is 11.8 Å². The van der Waals surface area contributed by atoms with E-state index in [0.29, 0.717) is 18.3 Å². The fourth-order valence-electron chi connectivity index (χ4n) is 3.30. The second-order valence-corrected chi connectivity index (χ2v) is 5.83. The Kier molecular flexibility index (Phi) is 3.50. The molecule has 5 nitrogen and oxygen atoms in total. The van der Waals surface area contributed by atoms with Crippen LogP contribution >= 0.6 is 0 Å². The van der Waals surface area contributed by atoms with Crippen LogP contribution in [0.15, 0.2) is 5.16 Å². The van der Waals surface area contributed by atoms with E-state index in [4.69, 9.17) is 10.9 Å². The Morgan fingerprint density at radius 3 is 2.44 bits per heavy atom. The Morgan fingerprint density at radius 1 is 1.44 bits per heavy atom. The summed E-state index contributed by atoms with van der Waals surface area (Å²) < 4.78 is 0. The molecule has 1 saturated heterocycles. The number of hydrogen-bond donors (Lipinski definition) is 2. The van der Waals surface area contributed by atoms with Crippen LogP contribution in [0.25, 0.3) is 0 Å². The highest BCUT2D eigenvalue weighted by molar-refractivity contribution is 6.06. The lowest BCUT2D eigenvalue weighted by Gasteiger charge is -2.30. The quantitative estimate of drug-likeness (QED) is 0.345. The van der Waals surface area contributed by atoms with Crippen LogP contribution < -0.4 is 5.73 Å². The highest BCUT2D eigenvalue weighted by Crippen LogP contribution is 2.39. The number of rotatable bonds is 3. The SMILES string of the molecule is CCC(C)(C(=O)N1CC2CCCC2C1)C(N)=NO. The fourth-order valence-corrected chi connectivity index (χ4v) is 3.30. The average Bonchev–Trinajstić information content (AvgIpc) is 2.96. The lowest BCUT2D eigenvalue weighted by atomic mass is 9.84. The minimum Gasteiger partial charge on any atom is -0.409 e. The monoisotopic (exact) mass is 253 g/mol. The molecule has 2 rings (SSSR count). The summed E-state index contributed by atoms with van der Waals surface area (Å²) in [6, 6.07) is 0. The Hall–Kier alpha value is -1.26. The molecule has 0 aromatic carbocycles. The predicted molar refractivity (Wildman–Crippen MR) is 69.2 cm³/mol. The second kappa shape index (κ2) is 4.78. The van der Waals surface area contributed by atoms with Crippen LogP contribution in [0, 0.1) is 17.3 Å². The van der Waals surface area contributed by atoms with Crippen molar-refractivity contribution in [2.24, 2.45) is 28.1 Å². The lowest BCUT2D eigenvalue weighted by Crippen LogP contribution is -2.49. The van der Waals surface area contributed by atoms with Gasteiger partial charge < -0.3 is 15.8 Å². The summed E-state index contributed by atoms with van der Waals surface area (Å²) in [6.07, 6.45) is 4.32. The summed E-state index contributed by atoms with van der Waals surface area (Å²) in [6.45, 7) is 5.35. The van der Waals surface area contributed by atoms with Crippen LogP contribution in [0.2, 0.25) is 0 Å².